The molecule has 52 heavy (non-hydrogen) atoms. The maximum Gasteiger partial charge on any atom is 0.352 e. The highest BCUT2D eigenvalue weighted by Gasteiger charge is 2.49. The van der Waals surface area contributed by atoms with E-state index in [4.69, 9.17) is 11.6 Å². The van der Waals surface area contributed by atoms with Crippen LogP contribution < -0.4 is 15.5 Å². The molecule has 5 rings (SSSR count). The molecule has 2 aliphatic rings. The molecule has 1 saturated carbocycles. The van der Waals surface area contributed by atoms with Gasteiger partial charge < -0.3 is 25.7 Å². The van der Waals surface area contributed by atoms with Crippen molar-refractivity contribution in [2.24, 2.45) is 5.41 Å². The van der Waals surface area contributed by atoms with Crippen LogP contribution in [-0.4, -0.2) is 63.3 Å². The fourth-order valence-electron chi connectivity index (χ4n) is 7.01. The Morgan fingerprint density at radius 3 is 2.15 bits per heavy atom. The van der Waals surface area contributed by atoms with E-state index in [1.54, 1.807) is 48.5 Å². The molecule has 13 heteroatoms. The maximum atomic E-state index is 14.4. The Morgan fingerprint density at radius 2 is 1.56 bits per heavy atom. The van der Waals surface area contributed by atoms with E-state index >= 15 is 0 Å². The zero-order valence-electron chi connectivity index (χ0n) is 28.7. The van der Waals surface area contributed by atoms with Gasteiger partial charge in [0.25, 0.3) is 5.91 Å². The number of carbonyl (C=O) groups is 6. The van der Waals surface area contributed by atoms with Crippen molar-refractivity contribution in [1.29, 1.82) is 0 Å². The van der Waals surface area contributed by atoms with Gasteiger partial charge in [-0.15, -0.1) is 0 Å². The Bertz CT molecular complexity index is 1840. The maximum absolute atomic E-state index is 14.4. The first kappa shape index (κ1) is 37.8. The summed E-state index contributed by atoms with van der Waals surface area (Å²) in [5.74, 6) is -3.96. The summed E-state index contributed by atoms with van der Waals surface area (Å²) in [7, 11) is 0. The molecule has 3 aromatic carbocycles. The van der Waals surface area contributed by atoms with E-state index < -0.39 is 47.8 Å². The predicted octanol–water partition coefficient (Wildman–Crippen LogP) is 5.32. The Hall–Kier alpha value is -5.49. The number of carbonyl (C=O) groups excluding carboxylic acids is 4. The second-order valence-corrected chi connectivity index (χ2v) is 13.6. The van der Waals surface area contributed by atoms with Crippen molar-refractivity contribution in [3.63, 3.8) is 0 Å². The van der Waals surface area contributed by atoms with Gasteiger partial charge in [0, 0.05) is 37.0 Å². The first-order valence-corrected chi connectivity index (χ1v) is 17.5. The van der Waals surface area contributed by atoms with Gasteiger partial charge in [0.1, 0.15) is 17.9 Å². The molecule has 3 aromatic rings. The lowest BCUT2D eigenvalue weighted by Crippen LogP contribution is -2.42. The Morgan fingerprint density at radius 1 is 0.904 bits per heavy atom. The SMILES string of the molecule is CC(=O)NCCC1(C(=O)N/C(=C\c2ccc(N3C(=O)C(Cc4ccccc4)N(C(=O)CCC(=O)O)C3c3ccc(Cl)cc3)cc2)C(=O)O)CCCC1. The highest BCUT2D eigenvalue weighted by Crippen LogP contribution is 2.42. The topological polar surface area (TPSA) is 173 Å². The molecule has 4 N–H and O–H groups in total. The van der Waals surface area contributed by atoms with Gasteiger partial charge in [0.05, 0.1) is 11.8 Å². The molecule has 1 aliphatic heterocycles. The first-order chi connectivity index (χ1) is 24.9. The molecule has 2 unspecified atom stereocenters. The number of aliphatic carboxylic acids is 2. The molecule has 12 nitrogen and oxygen atoms in total. The molecular formula is C39H41ClN4O8. The minimum atomic E-state index is -1.33. The molecule has 0 aromatic heterocycles. The molecule has 1 aliphatic carbocycles. The third kappa shape index (κ3) is 8.86. The van der Waals surface area contributed by atoms with Crippen LogP contribution in [0.25, 0.3) is 6.08 Å². The molecule has 4 amide bonds. The minimum absolute atomic E-state index is 0.188. The van der Waals surface area contributed by atoms with E-state index in [0.717, 1.165) is 18.4 Å². The van der Waals surface area contributed by atoms with E-state index in [-0.39, 0.29) is 30.4 Å². The molecule has 0 spiro atoms. The summed E-state index contributed by atoms with van der Waals surface area (Å²) >= 11 is 6.20. The minimum Gasteiger partial charge on any atom is -0.481 e. The smallest absolute Gasteiger partial charge is 0.352 e. The van der Waals surface area contributed by atoms with Crippen LogP contribution in [0.15, 0.2) is 84.6 Å². The number of nitrogens with zero attached hydrogens (tertiary/aromatic N) is 2. The molecule has 0 bridgehead atoms. The number of benzene rings is 3. The average Bonchev–Trinajstić information content (AvgIpc) is 3.71. The van der Waals surface area contributed by atoms with Gasteiger partial charge in [-0.1, -0.05) is 79.0 Å². The summed E-state index contributed by atoms with van der Waals surface area (Å²) in [6.07, 6.45) is 3.07. The lowest BCUT2D eigenvalue weighted by molar-refractivity contribution is -0.142. The molecule has 1 heterocycles. The number of carboxylic acid groups (broad SMARTS) is 2. The van der Waals surface area contributed by atoms with Gasteiger partial charge in [-0.05, 0) is 66.3 Å². The molecule has 272 valence electrons. The summed E-state index contributed by atoms with van der Waals surface area (Å²) in [5.41, 5.74) is 1.13. The van der Waals surface area contributed by atoms with Crippen molar-refractivity contribution in [1.82, 2.24) is 15.5 Å². The van der Waals surface area contributed by atoms with E-state index in [9.17, 15) is 39.0 Å². The van der Waals surface area contributed by atoms with Gasteiger partial charge in [0.15, 0.2) is 0 Å². The highest BCUT2D eigenvalue weighted by atomic mass is 35.5. The second-order valence-electron chi connectivity index (χ2n) is 13.2. The van der Waals surface area contributed by atoms with Crippen molar-refractivity contribution in [3.8, 4) is 0 Å². The number of anilines is 1. The summed E-state index contributed by atoms with van der Waals surface area (Å²) in [4.78, 5) is 79.8. The Labute approximate surface area is 306 Å². The van der Waals surface area contributed by atoms with Crippen LogP contribution in [-0.2, 0) is 35.2 Å². The summed E-state index contributed by atoms with van der Waals surface area (Å²) < 4.78 is 0. The van der Waals surface area contributed by atoms with Gasteiger partial charge >= 0.3 is 11.9 Å². The number of rotatable bonds is 14. The van der Waals surface area contributed by atoms with Crippen molar-refractivity contribution in [3.05, 3.63) is 106 Å². The summed E-state index contributed by atoms with van der Waals surface area (Å²) in [5, 5.41) is 25.2. The quantitative estimate of drug-likeness (QED) is 0.162. The van der Waals surface area contributed by atoms with E-state index in [1.807, 2.05) is 30.3 Å². The van der Waals surface area contributed by atoms with E-state index in [2.05, 4.69) is 10.6 Å². The average molecular weight is 729 g/mol. The van der Waals surface area contributed by atoms with E-state index in [0.29, 0.717) is 47.6 Å². The van der Waals surface area contributed by atoms with Crippen LogP contribution in [0.2, 0.25) is 5.02 Å². The fourth-order valence-corrected chi connectivity index (χ4v) is 7.13. The lowest BCUT2D eigenvalue weighted by Gasteiger charge is -2.32. The molecule has 2 fully saturated rings. The summed E-state index contributed by atoms with van der Waals surface area (Å²) in [6, 6.07) is 21.5. The standard InChI is InChI=1S/C39H41ClN4O8/c1-25(45)41-22-21-39(19-5-6-20-39)38(52)42-31(37(50)51)23-27-9-15-30(16-10-27)43-35(28-11-13-29(40)14-12-28)44(33(46)17-18-34(47)48)32(36(43)49)24-26-7-3-2-4-8-26/h2-4,7-16,23,32,35H,5-6,17-22,24H2,1H3,(H,41,45)(H,42,52)(H,47,48)(H,50,51)/b31-23-. The van der Waals surface area contributed by atoms with Crippen molar-refractivity contribution < 1.29 is 39.0 Å². The van der Waals surface area contributed by atoms with Crippen LogP contribution in [0.1, 0.15) is 74.7 Å². The number of nitrogens with one attached hydrogen (secondary N) is 2. The zero-order valence-corrected chi connectivity index (χ0v) is 29.5. The van der Waals surface area contributed by atoms with Crippen LogP contribution in [0.3, 0.4) is 0 Å². The van der Waals surface area contributed by atoms with Crippen LogP contribution in [0.4, 0.5) is 5.69 Å². The van der Waals surface area contributed by atoms with Crippen molar-refractivity contribution >= 4 is 58.9 Å². The molecular weight excluding hydrogens is 688 g/mol. The number of amides is 4. The van der Waals surface area contributed by atoms with E-state index in [1.165, 1.54) is 22.8 Å². The van der Waals surface area contributed by atoms with Gasteiger partial charge in [-0.3, -0.25) is 28.9 Å². The monoisotopic (exact) mass is 728 g/mol. The number of hydrogen-bond donors (Lipinski definition) is 4. The predicted molar refractivity (Wildman–Crippen MR) is 194 cm³/mol. The number of carboxylic acids is 2. The fraction of sp³-hybridized carbons (Fsp3) is 0.333. The number of halogens is 1. The van der Waals surface area contributed by atoms with Crippen molar-refractivity contribution in [2.75, 3.05) is 11.4 Å². The first-order valence-electron chi connectivity index (χ1n) is 17.1. The Kier molecular flexibility index (Phi) is 12.1. The van der Waals surface area contributed by atoms with Gasteiger partial charge in [0.2, 0.25) is 17.7 Å². The van der Waals surface area contributed by atoms with Gasteiger partial charge in [-0.2, -0.15) is 0 Å². The van der Waals surface area contributed by atoms with Gasteiger partial charge in [-0.25, -0.2) is 4.79 Å². The normalized spacial score (nSPS) is 18.3. The van der Waals surface area contributed by atoms with Crippen LogP contribution >= 0.6 is 11.6 Å². The largest absolute Gasteiger partial charge is 0.481 e. The van der Waals surface area contributed by atoms with Crippen molar-refractivity contribution in [2.45, 2.75) is 70.5 Å². The van der Waals surface area contributed by atoms with Crippen LogP contribution in [0.5, 0.6) is 0 Å². The second kappa shape index (κ2) is 16.7. The third-order valence-corrected chi connectivity index (χ3v) is 9.88. The Balaban J connectivity index is 1.47. The molecule has 2 atom stereocenters. The third-order valence-electron chi connectivity index (χ3n) is 9.63. The lowest BCUT2D eigenvalue weighted by atomic mass is 9.81. The van der Waals surface area contributed by atoms with Crippen LogP contribution in [0, 0.1) is 5.41 Å². The zero-order chi connectivity index (χ0) is 37.4. The highest BCUT2D eigenvalue weighted by molar-refractivity contribution is 6.30. The molecule has 1 saturated heterocycles. The summed E-state index contributed by atoms with van der Waals surface area (Å²) in [6.45, 7) is 1.70. The number of hydrogen-bond acceptors (Lipinski definition) is 6. The molecule has 0 radical (unpaired) electrons.